The average Bonchev–Trinajstić information content (AvgIpc) is 2.60. The van der Waals surface area contributed by atoms with Gasteiger partial charge in [0.2, 0.25) is 0 Å². The second kappa shape index (κ2) is 7.45. The molecule has 1 aliphatic heterocycles. The monoisotopic (exact) mass is 351 g/mol. The molecule has 0 bridgehead atoms. The molecule has 6 heteroatoms. The van der Waals surface area contributed by atoms with Gasteiger partial charge >= 0.3 is 6.18 Å². The Morgan fingerprint density at radius 2 is 1.76 bits per heavy atom. The van der Waals surface area contributed by atoms with Crippen molar-refractivity contribution < 1.29 is 22.6 Å². The number of rotatable bonds is 4. The van der Waals surface area contributed by atoms with E-state index in [1.165, 1.54) is 12.1 Å². The molecule has 1 saturated heterocycles. The summed E-state index contributed by atoms with van der Waals surface area (Å²) in [6.07, 6.45) is -5.08. The first-order valence-electron chi connectivity index (χ1n) is 8.12. The summed E-state index contributed by atoms with van der Waals surface area (Å²) in [5.74, 6) is 0.657. The van der Waals surface area contributed by atoms with E-state index in [2.05, 4.69) is 4.90 Å². The van der Waals surface area contributed by atoms with E-state index < -0.39 is 17.8 Å². The van der Waals surface area contributed by atoms with Crippen molar-refractivity contribution in [2.24, 2.45) is 0 Å². The van der Waals surface area contributed by atoms with Crippen LogP contribution in [-0.4, -0.2) is 37.7 Å². The summed E-state index contributed by atoms with van der Waals surface area (Å²) in [7, 11) is 1.99. The van der Waals surface area contributed by atoms with E-state index in [4.69, 9.17) is 9.47 Å². The van der Waals surface area contributed by atoms with Crippen LogP contribution in [0.3, 0.4) is 0 Å². The Bertz CT molecular complexity index is 673. The minimum absolute atomic E-state index is 0.254. The van der Waals surface area contributed by atoms with Crippen LogP contribution in [-0.2, 0) is 10.9 Å². The number of ether oxygens (including phenoxy) is 2. The van der Waals surface area contributed by atoms with Crippen molar-refractivity contribution in [3.05, 3.63) is 65.7 Å². The fourth-order valence-corrected chi connectivity index (χ4v) is 2.86. The van der Waals surface area contributed by atoms with Gasteiger partial charge < -0.3 is 14.4 Å². The number of nitrogens with zero attached hydrogens (tertiary/aromatic N) is 1. The quantitative estimate of drug-likeness (QED) is 0.826. The number of alkyl halides is 3. The Balaban J connectivity index is 1.87. The first-order valence-corrected chi connectivity index (χ1v) is 8.12. The molecular formula is C19H20F3NO2. The van der Waals surface area contributed by atoms with Crippen molar-refractivity contribution in [1.82, 2.24) is 4.90 Å². The molecule has 0 aliphatic carbocycles. The molecule has 1 heterocycles. The highest BCUT2D eigenvalue weighted by Crippen LogP contribution is 2.32. The van der Waals surface area contributed by atoms with Crippen LogP contribution >= 0.6 is 0 Å². The molecule has 0 amide bonds. The summed E-state index contributed by atoms with van der Waals surface area (Å²) in [5.41, 5.74) is -0.00598. The molecule has 134 valence electrons. The average molecular weight is 351 g/mol. The summed E-state index contributed by atoms with van der Waals surface area (Å²) in [5, 5.41) is 0. The van der Waals surface area contributed by atoms with Gasteiger partial charge in [-0.25, -0.2) is 0 Å². The van der Waals surface area contributed by atoms with Gasteiger partial charge in [-0.1, -0.05) is 30.3 Å². The number of likely N-dealkylation sites (N-methyl/N-ethyl adjacent to an activating group) is 1. The number of morpholine rings is 1. The van der Waals surface area contributed by atoms with Crippen LogP contribution in [0.15, 0.2) is 54.6 Å². The normalized spacial score (nSPS) is 20.2. The highest BCUT2D eigenvalue weighted by atomic mass is 19.4. The molecule has 2 aromatic carbocycles. The summed E-state index contributed by atoms with van der Waals surface area (Å²) in [4.78, 5) is 2.12. The van der Waals surface area contributed by atoms with Crippen LogP contribution < -0.4 is 4.74 Å². The molecule has 0 N–H and O–H groups in total. The first-order chi connectivity index (χ1) is 11.9. The predicted molar refractivity (Wildman–Crippen MR) is 88.5 cm³/mol. The fraction of sp³-hybridized carbons (Fsp3) is 0.368. The number of benzene rings is 2. The standard InChI is InChI=1S/C19H20F3NO2/c1-23-11-12-24-17(13-23)18(25-16-5-3-2-4-6-16)14-7-9-15(10-8-14)19(20,21)22/h2-10,17-18H,11-13H2,1H3. The molecule has 3 rings (SSSR count). The number of halogens is 3. The van der Waals surface area contributed by atoms with Crippen molar-refractivity contribution in [3.63, 3.8) is 0 Å². The Labute approximate surface area is 145 Å². The zero-order chi connectivity index (χ0) is 17.9. The van der Waals surface area contributed by atoms with Crippen LogP contribution in [0.4, 0.5) is 13.2 Å². The SMILES string of the molecule is CN1CCOC(C(Oc2ccccc2)c2ccc(C(F)(F)F)cc2)C1. The lowest BCUT2D eigenvalue weighted by Crippen LogP contribution is -2.44. The third-order valence-corrected chi connectivity index (χ3v) is 4.21. The van der Waals surface area contributed by atoms with Gasteiger partial charge in [0.15, 0.2) is 6.10 Å². The summed E-state index contributed by atoms with van der Waals surface area (Å²) < 4.78 is 50.4. The van der Waals surface area contributed by atoms with Crippen molar-refractivity contribution in [2.75, 3.05) is 26.7 Å². The molecule has 1 fully saturated rings. The van der Waals surface area contributed by atoms with E-state index in [0.717, 1.165) is 18.7 Å². The van der Waals surface area contributed by atoms with E-state index in [1.54, 1.807) is 0 Å². The zero-order valence-corrected chi connectivity index (χ0v) is 13.9. The number of hydrogen-bond acceptors (Lipinski definition) is 3. The maximum Gasteiger partial charge on any atom is 0.416 e. The van der Waals surface area contributed by atoms with Gasteiger partial charge in [0.1, 0.15) is 11.9 Å². The molecule has 2 aromatic rings. The largest absolute Gasteiger partial charge is 0.483 e. The van der Waals surface area contributed by atoms with Crippen molar-refractivity contribution in [3.8, 4) is 5.75 Å². The third kappa shape index (κ3) is 4.52. The third-order valence-electron chi connectivity index (χ3n) is 4.21. The lowest BCUT2D eigenvalue weighted by Gasteiger charge is -2.35. The lowest BCUT2D eigenvalue weighted by atomic mass is 10.0. The van der Waals surface area contributed by atoms with Crippen molar-refractivity contribution in [2.45, 2.75) is 18.4 Å². The highest BCUT2D eigenvalue weighted by Gasteiger charge is 2.33. The van der Waals surface area contributed by atoms with E-state index >= 15 is 0 Å². The van der Waals surface area contributed by atoms with Crippen molar-refractivity contribution in [1.29, 1.82) is 0 Å². The molecule has 0 aromatic heterocycles. The van der Waals surface area contributed by atoms with Gasteiger partial charge in [-0.2, -0.15) is 13.2 Å². The molecule has 0 saturated carbocycles. The first kappa shape index (κ1) is 17.8. The maximum absolute atomic E-state index is 12.8. The second-order valence-electron chi connectivity index (χ2n) is 6.14. The molecule has 0 radical (unpaired) electrons. The topological polar surface area (TPSA) is 21.7 Å². The van der Waals surface area contributed by atoms with Gasteiger partial charge in [-0.05, 0) is 36.9 Å². The van der Waals surface area contributed by atoms with Gasteiger partial charge in [0, 0.05) is 13.1 Å². The Morgan fingerprint density at radius 3 is 2.36 bits per heavy atom. The molecular weight excluding hydrogens is 331 g/mol. The smallest absolute Gasteiger partial charge is 0.416 e. The molecule has 0 spiro atoms. The zero-order valence-electron chi connectivity index (χ0n) is 13.9. The van der Waals surface area contributed by atoms with Gasteiger partial charge in [0.05, 0.1) is 12.2 Å². The fourth-order valence-electron chi connectivity index (χ4n) is 2.86. The minimum atomic E-state index is -4.35. The van der Waals surface area contributed by atoms with E-state index in [1.807, 2.05) is 37.4 Å². The Morgan fingerprint density at radius 1 is 1.08 bits per heavy atom. The molecule has 1 aliphatic rings. The number of hydrogen-bond donors (Lipinski definition) is 0. The van der Waals surface area contributed by atoms with Crippen LogP contribution in [0, 0.1) is 0 Å². The van der Waals surface area contributed by atoms with E-state index in [0.29, 0.717) is 24.5 Å². The van der Waals surface area contributed by atoms with E-state index in [-0.39, 0.29) is 6.10 Å². The minimum Gasteiger partial charge on any atom is -0.483 e. The van der Waals surface area contributed by atoms with Crippen LogP contribution in [0.25, 0.3) is 0 Å². The molecule has 2 atom stereocenters. The predicted octanol–water partition coefficient (Wildman–Crippen LogP) is 4.16. The number of para-hydroxylation sites is 1. The Hall–Kier alpha value is -2.05. The van der Waals surface area contributed by atoms with Crippen molar-refractivity contribution >= 4 is 0 Å². The maximum atomic E-state index is 12.8. The van der Waals surface area contributed by atoms with Crippen LogP contribution in [0.1, 0.15) is 17.2 Å². The molecule has 3 nitrogen and oxygen atoms in total. The van der Waals surface area contributed by atoms with Gasteiger partial charge in [0.25, 0.3) is 0 Å². The summed E-state index contributed by atoms with van der Waals surface area (Å²) in [6.45, 7) is 2.04. The highest BCUT2D eigenvalue weighted by molar-refractivity contribution is 5.29. The molecule has 25 heavy (non-hydrogen) atoms. The summed E-state index contributed by atoms with van der Waals surface area (Å²) in [6, 6.07) is 14.3. The Kier molecular flexibility index (Phi) is 5.30. The van der Waals surface area contributed by atoms with Crippen LogP contribution in [0.5, 0.6) is 5.75 Å². The molecule has 2 unspecified atom stereocenters. The van der Waals surface area contributed by atoms with Crippen LogP contribution in [0.2, 0.25) is 0 Å². The second-order valence-corrected chi connectivity index (χ2v) is 6.14. The van der Waals surface area contributed by atoms with Gasteiger partial charge in [-0.15, -0.1) is 0 Å². The van der Waals surface area contributed by atoms with Gasteiger partial charge in [-0.3, -0.25) is 0 Å². The van der Waals surface area contributed by atoms with E-state index in [9.17, 15) is 13.2 Å². The lowest BCUT2D eigenvalue weighted by molar-refractivity contribution is -0.137. The summed E-state index contributed by atoms with van der Waals surface area (Å²) >= 11 is 0.